The van der Waals surface area contributed by atoms with Crippen molar-refractivity contribution in [3.63, 3.8) is 0 Å². The molecule has 2 heterocycles. The van der Waals surface area contributed by atoms with Crippen LogP contribution in [0.2, 0.25) is 14.4 Å². The molecular weight excluding hydrogens is 465 g/mol. The highest BCUT2D eigenvalue weighted by molar-refractivity contribution is 7.89. The standard InChI is InChI=1S/C17H18Cl3N3O3S2/c18-14-3-2-13(9-15(14)19)28(25,26)23-7-5-22(6-8-23)11-17(24)21-10-12-1-4-16(20)27-12/h1-4,9H,5-8,10-11H2,(H,21,24). The molecule has 152 valence electrons. The van der Waals surface area contributed by atoms with Crippen molar-refractivity contribution in [3.05, 3.63) is 49.6 Å². The van der Waals surface area contributed by atoms with Crippen LogP contribution in [0.3, 0.4) is 0 Å². The smallest absolute Gasteiger partial charge is 0.243 e. The lowest BCUT2D eigenvalue weighted by Crippen LogP contribution is -2.50. The van der Waals surface area contributed by atoms with E-state index in [1.54, 1.807) is 6.07 Å². The number of carbonyl (C=O) groups excluding carboxylic acids is 1. The molecule has 2 aromatic rings. The van der Waals surface area contributed by atoms with Crippen molar-refractivity contribution in [1.29, 1.82) is 0 Å². The minimum absolute atomic E-state index is 0.106. The molecule has 0 unspecified atom stereocenters. The van der Waals surface area contributed by atoms with Crippen LogP contribution in [0.4, 0.5) is 0 Å². The van der Waals surface area contributed by atoms with Crippen molar-refractivity contribution < 1.29 is 13.2 Å². The van der Waals surface area contributed by atoms with Crippen LogP contribution in [0.15, 0.2) is 35.2 Å². The van der Waals surface area contributed by atoms with Crippen molar-refractivity contribution in [1.82, 2.24) is 14.5 Å². The van der Waals surface area contributed by atoms with Gasteiger partial charge in [-0.05, 0) is 30.3 Å². The first-order valence-electron chi connectivity index (χ1n) is 8.44. The highest BCUT2D eigenvalue weighted by atomic mass is 35.5. The van der Waals surface area contributed by atoms with E-state index in [2.05, 4.69) is 5.32 Å². The van der Waals surface area contributed by atoms with E-state index in [-0.39, 0.29) is 22.4 Å². The van der Waals surface area contributed by atoms with Crippen LogP contribution in [0, 0.1) is 0 Å². The van der Waals surface area contributed by atoms with Gasteiger partial charge in [0.25, 0.3) is 0 Å². The van der Waals surface area contributed by atoms with E-state index >= 15 is 0 Å². The molecule has 1 aromatic heterocycles. The Morgan fingerprint density at radius 1 is 1.04 bits per heavy atom. The van der Waals surface area contributed by atoms with E-state index in [1.165, 1.54) is 33.8 Å². The first kappa shape index (κ1) is 21.8. The summed E-state index contributed by atoms with van der Waals surface area (Å²) < 4.78 is 27.6. The average Bonchev–Trinajstić information content (AvgIpc) is 3.08. The molecule has 0 saturated carbocycles. The molecule has 1 aromatic carbocycles. The normalized spacial score (nSPS) is 16.2. The number of hydrogen-bond acceptors (Lipinski definition) is 5. The monoisotopic (exact) mass is 481 g/mol. The summed E-state index contributed by atoms with van der Waals surface area (Å²) in [7, 11) is -3.65. The van der Waals surface area contributed by atoms with Gasteiger partial charge in [0.05, 0.1) is 32.4 Å². The van der Waals surface area contributed by atoms with Crippen molar-refractivity contribution >= 4 is 62.1 Å². The Kier molecular flexibility index (Phi) is 7.25. The fourth-order valence-corrected chi connectivity index (χ4v) is 5.64. The molecule has 1 saturated heterocycles. The topological polar surface area (TPSA) is 69.7 Å². The number of sulfonamides is 1. The van der Waals surface area contributed by atoms with Crippen molar-refractivity contribution in [3.8, 4) is 0 Å². The van der Waals surface area contributed by atoms with E-state index in [4.69, 9.17) is 34.8 Å². The maximum absolute atomic E-state index is 12.8. The van der Waals surface area contributed by atoms with Gasteiger partial charge in [-0.15, -0.1) is 11.3 Å². The second-order valence-electron chi connectivity index (χ2n) is 6.24. The summed E-state index contributed by atoms with van der Waals surface area (Å²) in [5.74, 6) is -0.106. The van der Waals surface area contributed by atoms with E-state index in [1.807, 2.05) is 11.0 Å². The minimum Gasteiger partial charge on any atom is -0.350 e. The van der Waals surface area contributed by atoms with E-state index < -0.39 is 10.0 Å². The van der Waals surface area contributed by atoms with Gasteiger partial charge in [0.1, 0.15) is 0 Å². The molecule has 0 atom stereocenters. The van der Waals surface area contributed by atoms with Crippen LogP contribution in [0.25, 0.3) is 0 Å². The number of piperazine rings is 1. The summed E-state index contributed by atoms with van der Waals surface area (Å²) in [6.45, 7) is 2.20. The molecule has 0 spiro atoms. The second-order valence-corrected chi connectivity index (χ2v) is 10.8. The van der Waals surface area contributed by atoms with E-state index in [0.717, 1.165) is 4.88 Å². The number of nitrogens with zero attached hydrogens (tertiary/aromatic N) is 2. The van der Waals surface area contributed by atoms with Crippen LogP contribution < -0.4 is 5.32 Å². The Morgan fingerprint density at radius 3 is 2.36 bits per heavy atom. The van der Waals surface area contributed by atoms with Crippen LogP contribution >= 0.6 is 46.1 Å². The first-order chi connectivity index (χ1) is 13.3. The summed E-state index contributed by atoms with van der Waals surface area (Å²) >= 11 is 19.1. The van der Waals surface area contributed by atoms with Crippen LogP contribution in [0.1, 0.15) is 4.88 Å². The Morgan fingerprint density at radius 2 is 1.75 bits per heavy atom. The predicted octanol–water partition coefficient (Wildman–Crippen LogP) is 3.33. The number of carbonyl (C=O) groups is 1. The number of hydrogen-bond donors (Lipinski definition) is 1. The molecular formula is C17H18Cl3N3O3S2. The zero-order valence-corrected chi connectivity index (χ0v) is 18.6. The molecule has 0 aliphatic carbocycles. The maximum Gasteiger partial charge on any atom is 0.243 e. The molecule has 28 heavy (non-hydrogen) atoms. The average molecular weight is 483 g/mol. The molecule has 6 nitrogen and oxygen atoms in total. The Labute approximate surface area is 183 Å². The Bertz CT molecular complexity index is 958. The van der Waals surface area contributed by atoms with Gasteiger partial charge in [-0.1, -0.05) is 34.8 Å². The largest absolute Gasteiger partial charge is 0.350 e. The van der Waals surface area contributed by atoms with Crippen LogP contribution in [0.5, 0.6) is 0 Å². The van der Waals surface area contributed by atoms with Crippen LogP contribution in [-0.4, -0.2) is 56.3 Å². The molecule has 1 aliphatic rings. The molecule has 0 bridgehead atoms. The summed E-state index contributed by atoms with van der Waals surface area (Å²) in [4.78, 5) is 15.1. The maximum atomic E-state index is 12.8. The number of thiophene rings is 1. The lowest BCUT2D eigenvalue weighted by molar-refractivity contribution is -0.122. The molecule has 1 amide bonds. The number of amides is 1. The molecule has 11 heteroatoms. The quantitative estimate of drug-likeness (QED) is 0.686. The number of halogens is 3. The molecule has 1 N–H and O–H groups in total. The molecule has 3 rings (SSSR count). The van der Waals surface area contributed by atoms with Gasteiger partial charge in [-0.2, -0.15) is 4.31 Å². The second kappa shape index (κ2) is 9.30. The van der Waals surface area contributed by atoms with E-state index in [9.17, 15) is 13.2 Å². The lowest BCUT2D eigenvalue weighted by Gasteiger charge is -2.33. The zero-order chi connectivity index (χ0) is 20.3. The third-order valence-electron chi connectivity index (χ3n) is 4.32. The number of rotatable bonds is 6. The van der Waals surface area contributed by atoms with Crippen molar-refractivity contribution in [2.45, 2.75) is 11.4 Å². The summed E-state index contributed by atoms with van der Waals surface area (Å²) in [5.41, 5.74) is 0. The number of nitrogens with one attached hydrogen (secondary N) is 1. The number of benzene rings is 1. The van der Waals surface area contributed by atoms with E-state index in [0.29, 0.717) is 42.1 Å². The van der Waals surface area contributed by atoms with Gasteiger partial charge in [0.15, 0.2) is 0 Å². The third-order valence-corrected chi connectivity index (χ3v) is 8.18. The third kappa shape index (κ3) is 5.38. The van der Waals surface area contributed by atoms with Gasteiger partial charge >= 0.3 is 0 Å². The van der Waals surface area contributed by atoms with Gasteiger partial charge in [0, 0.05) is 31.1 Å². The fourth-order valence-electron chi connectivity index (χ4n) is 2.81. The predicted molar refractivity (Wildman–Crippen MR) is 113 cm³/mol. The van der Waals surface area contributed by atoms with Gasteiger partial charge in [-0.25, -0.2) is 8.42 Å². The molecule has 1 aliphatic heterocycles. The highest BCUT2D eigenvalue weighted by Crippen LogP contribution is 2.27. The SMILES string of the molecule is O=C(CN1CCN(S(=O)(=O)c2ccc(Cl)c(Cl)c2)CC1)NCc1ccc(Cl)s1. The highest BCUT2D eigenvalue weighted by Gasteiger charge is 2.29. The zero-order valence-electron chi connectivity index (χ0n) is 14.7. The minimum atomic E-state index is -3.65. The van der Waals surface area contributed by atoms with Gasteiger partial charge < -0.3 is 5.32 Å². The Balaban J connectivity index is 1.50. The first-order valence-corrected chi connectivity index (χ1v) is 11.8. The Hall–Kier alpha value is -0.870. The van der Waals surface area contributed by atoms with Crippen molar-refractivity contribution in [2.24, 2.45) is 0 Å². The van der Waals surface area contributed by atoms with Gasteiger partial charge in [-0.3, -0.25) is 9.69 Å². The van der Waals surface area contributed by atoms with Gasteiger partial charge in [0.2, 0.25) is 15.9 Å². The summed E-state index contributed by atoms with van der Waals surface area (Å²) in [6.07, 6.45) is 0. The lowest BCUT2D eigenvalue weighted by atomic mass is 10.3. The summed E-state index contributed by atoms with van der Waals surface area (Å²) in [5, 5.41) is 3.36. The van der Waals surface area contributed by atoms with Crippen LogP contribution in [-0.2, 0) is 21.4 Å². The molecule has 1 fully saturated rings. The molecule has 0 radical (unpaired) electrons. The fraction of sp³-hybridized carbons (Fsp3) is 0.353. The van der Waals surface area contributed by atoms with Crippen molar-refractivity contribution in [2.75, 3.05) is 32.7 Å². The summed E-state index contributed by atoms with van der Waals surface area (Å²) in [6, 6.07) is 7.94.